The molecule has 0 spiro atoms. The molecule has 1 atom stereocenters. The minimum absolute atomic E-state index is 0.188. The highest BCUT2D eigenvalue weighted by atomic mass is 35.5. The third-order valence-electron chi connectivity index (χ3n) is 1.34. The van der Waals surface area contributed by atoms with Gasteiger partial charge in [0.1, 0.15) is 0 Å². The van der Waals surface area contributed by atoms with Crippen molar-refractivity contribution >= 4 is 22.9 Å². The van der Waals surface area contributed by atoms with Crippen molar-refractivity contribution in [1.29, 1.82) is 0 Å². The normalized spacial score (nSPS) is 14.8. The Balaban J connectivity index is 2.85. The number of hydrogen-bond acceptors (Lipinski definition) is 2. The van der Waals surface area contributed by atoms with Crippen LogP contribution in [0.2, 0.25) is 0 Å². The van der Waals surface area contributed by atoms with E-state index >= 15 is 0 Å². The zero-order chi connectivity index (χ0) is 9.35. The summed E-state index contributed by atoms with van der Waals surface area (Å²) >= 11 is 5.76. The van der Waals surface area contributed by atoms with Gasteiger partial charge in [-0.2, -0.15) is 8.78 Å². The minimum Gasteiger partial charge on any atom is -0.380 e. The summed E-state index contributed by atoms with van der Waals surface area (Å²) in [5.41, 5.74) is 0. The summed E-state index contributed by atoms with van der Waals surface area (Å²) in [6.45, 7) is 1.77. The smallest absolute Gasteiger partial charge is 0.352 e. The Morgan fingerprint density at radius 1 is 1.58 bits per heavy atom. The van der Waals surface area contributed by atoms with Crippen LogP contribution in [-0.4, -0.2) is 10.5 Å². The lowest BCUT2D eigenvalue weighted by atomic mass is 10.3. The molecule has 0 aliphatic rings. The summed E-state index contributed by atoms with van der Waals surface area (Å²) in [4.78, 5) is 1.05. The molecule has 0 saturated heterocycles. The van der Waals surface area contributed by atoms with Crippen LogP contribution in [0.4, 0.5) is 8.78 Å². The topological polar surface area (TPSA) is 20.2 Å². The van der Waals surface area contributed by atoms with Gasteiger partial charge in [-0.3, -0.25) is 0 Å². The van der Waals surface area contributed by atoms with Crippen LogP contribution in [0.15, 0.2) is 12.1 Å². The lowest BCUT2D eigenvalue weighted by Crippen LogP contribution is -2.17. The molecule has 0 aliphatic carbocycles. The van der Waals surface area contributed by atoms with Crippen molar-refractivity contribution in [2.24, 2.45) is 0 Å². The zero-order valence-corrected chi connectivity index (χ0v) is 7.79. The first-order valence-corrected chi connectivity index (χ1v) is 4.42. The number of thiophene rings is 1. The number of aryl methyl sites for hydroxylation is 1. The fourth-order valence-corrected chi connectivity index (χ4v) is 1.85. The molecule has 0 radical (unpaired) electrons. The number of hydrogen-bond donors (Lipinski definition) is 1. The SMILES string of the molecule is Cc1ccc(C(O)C(F)(F)Cl)s1. The first-order valence-electron chi connectivity index (χ1n) is 3.22. The highest BCUT2D eigenvalue weighted by molar-refractivity contribution is 7.12. The zero-order valence-electron chi connectivity index (χ0n) is 6.22. The van der Waals surface area contributed by atoms with Gasteiger partial charge < -0.3 is 5.11 Å². The second-order valence-electron chi connectivity index (χ2n) is 2.39. The van der Waals surface area contributed by atoms with Gasteiger partial charge in [0.25, 0.3) is 0 Å². The largest absolute Gasteiger partial charge is 0.380 e. The van der Waals surface area contributed by atoms with E-state index in [0.29, 0.717) is 0 Å². The molecule has 0 fully saturated rings. The predicted molar refractivity (Wildman–Crippen MR) is 44.8 cm³/mol. The highest BCUT2D eigenvalue weighted by Crippen LogP contribution is 2.37. The van der Waals surface area contributed by atoms with Gasteiger partial charge in [0.2, 0.25) is 0 Å². The van der Waals surface area contributed by atoms with E-state index in [-0.39, 0.29) is 4.88 Å². The van der Waals surface area contributed by atoms with Gasteiger partial charge in [0.15, 0.2) is 6.10 Å². The van der Waals surface area contributed by atoms with Crippen molar-refractivity contribution in [3.8, 4) is 0 Å². The Labute approximate surface area is 77.6 Å². The monoisotopic (exact) mass is 212 g/mol. The van der Waals surface area contributed by atoms with Crippen molar-refractivity contribution in [2.75, 3.05) is 0 Å². The molecule has 0 saturated carbocycles. The van der Waals surface area contributed by atoms with E-state index < -0.39 is 11.5 Å². The number of halogens is 3. The molecule has 0 aromatic carbocycles. The van der Waals surface area contributed by atoms with Gasteiger partial charge in [-0.15, -0.1) is 11.3 Å². The highest BCUT2D eigenvalue weighted by Gasteiger charge is 2.37. The second kappa shape index (κ2) is 3.28. The summed E-state index contributed by atoms with van der Waals surface area (Å²) in [7, 11) is 0. The Morgan fingerprint density at radius 2 is 2.17 bits per heavy atom. The van der Waals surface area contributed by atoms with Gasteiger partial charge in [0, 0.05) is 9.75 Å². The van der Waals surface area contributed by atoms with Gasteiger partial charge >= 0.3 is 5.38 Å². The average Bonchev–Trinajstić information content (AvgIpc) is 2.32. The van der Waals surface area contributed by atoms with Crippen LogP contribution in [0.25, 0.3) is 0 Å². The van der Waals surface area contributed by atoms with Crippen molar-refractivity contribution < 1.29 is 13.9 Å². The lowest BCUT2D eigenvalue weighted by Gasteiger charge is -2.13. The number of rotatable bonds is 2. The van der Waals surface area contributed by atoms with E-state index in [9.17, 15) is 8.78 Å². The van der Waals surface area contributed by atoms with Crippen LogP contribution in [0.3, 0.4) is 0 Å². The summed E-state index contributed by atoms with van der Waals surface area (Å²) in [6, 6.07) is 3.10. The van der Waals surface area contributed by atoms with E-state index in [4.69, 9.17) is 5.11 Å². The van der Waals surface area contributed by atoms with Crippen LogP contribution < -0.4 is 0 Å². The Kier molecular flexibility index (Phi) is 2.70. The summed E-state index contributed by atoms with van der Waals surface area (Å²) in [5.74, 6) is 0. The second-order valence-corrected chi connectivity index (χ2v) is 4.22. The van der Waals surface area contributed by atoms with E-state index in [1.54, 1.807) is 13.0 Å². The van der Waals surface area contributed by atoms with E-state index in [2.05, 4.69) is 11.6 Å². The van der Waals surface area contributed by atoms with Gasteiger partial charge in [0.05, 0.1) is 0 Å². The Hall–Kier alpha value is -0.190. The fourth-order valence-electron chi connectivity index (χ4n) is 0.762. The Morgan fingerprint density at radius 3 is 2.50 bits per heavy atom. The van der Waals surface area contributed by atoms with Gasteiger partial charge in [-0.25, -0.2) is 0 Å². The van der Waals surface area contributed by atoms with E-state index in [1.807, 2.05) is 0 Å². The molecule has 1 N–H and O–H groups in total. The first kappa shape index (κ1) is 9.89. The molecule has 1 rings (SSSR count). The molecule has 68 valence electrons. The van der Waals surface area contributed by atoms with Crippen molar-refractivity contribution in [3.05, 3.63) is 21.9 Å². The van der Waals surface area contributed by atoms with Crippen LogP contribution in [0, 0.1) is 6.92 Å². The maximum absolute atomic E-state index is 12.3. The molecular formula is C7H7ClF2OS. The fraction of sp³-hybridized carbons (Fsp3) is 0.429. The number of aliphatic hydroxyl groups is 1. The van der Waals surface area contributed by atoms with Crippen LogP contribution in [0.1, 0.15) is 15.9 Å². The van der Waals surface area contributed by atoms with Crippen LogP contribution in [-0.2, 0) is 0 Å². The predicted octanol–water partition coefficient (Wildman–Crippen LogP) is 2.92. The molecule has 1 aromatic rings. The van der Waals surface area contributed by atoms with Gasteiger partial charge in [-0.05, 0) is 30.7 Å². The molecule has 1 aromatic heterocycles. The van der Waals surface area contributed by atoms with Crippen molar-refractivity contribution in [3.63, 3.8) is 0 Å². The maximum Gasteiger partial charge on any atom is 0.352 e. The number of aliphatic hydroxyl groups excluding tert-OH is 1. The number of alkyl halides is 3. The standard InChI is InChI=1S/C7H7ClF2OS/c1-4-2-3-5(12-4)6(11)7(8,9)10/h2-3,6,11H,1H3. The van der Waals surface area contributed by atoms with Crippen LogP contribution in [0.5, 0.6) is 0 Å². The summed E-state index contributed by atoms with van der Waals surface area (Å²) in [5, 5.41) is 5.41. The lowest BCUT2D eigenvalue weighted by molar-refractivity contribution is -0.0405. The molecule has 0 aliphatic heterocycles. The Bertz CT molecular complexity index is 269. The third-order valence-corrected chi connectivity index (χ3v) is 2.60. The van der Waals surface area contributed by atoms with Crippen molar-refractivity contribution in [1.82, 2.24) is 0 Å². The van der Waals surface area contributed by atoms with E-state index in [1.165, 1.54) is 6.07 Å². The van der Waals surface area contributed by atoms with Gasteiger partial charge in [-0.1, -0.05) is 0 Å². The molecule has 0 bridgehead atoms. The summed E-state index contributed by atoms with van der Waals surface area (Å²) < 4.78 is 24.7. The average molecular weight is 213 g/mol. The first-order chi connectivity index (χ1) is 5.41. The van der Waals surface area contributed by atoms with Crippen LogP contribution >= 0.6 is 22.9 Å². The molecule has 1 heterocycles. The van der Waals surface area contributed by atoms with E-state index in [0.717, 1.165) is 16.2 Å². The molecule has 5 heteroatoms. The molecule has 0 amide bonds. The quantitative estimate of drug-likeness (QED) is 0.748. The molecular weight excluding hydrogens is 206 g/mol. The maximum atomic E-state index is 12.3. The third kappa shape index (κ3) is 2.15. The van der Waals surface area contributed by atoms with Crippen molar-refractivity contribution in [2.45, 2.75) is 18.4 Å². The molecule has 1 nitrogen and oxygen atoms in total. The molecule has 1 unspecified atom stereocenters. The molecule has 12 heavy (non-hydrogen) atoms. The minimum atomic E-state index is -3.59. The summed E-state index contributed by atoms with van der Waals surface area (Å²) in [6.07, 6.45) is -1.90.